The summed E-state index contributed by atoms with van der Waals surface area (Å²) < 4.78 is 9.65. The zero-order valence-corrected chi connectivity index (χ0v) is 31.5. The van der Waals surface area contributed by atoms with E-state index in [0.29, 0.717) is 16.2 Å². The molecule has 0 aliphatic rings. The van der Waals surface area contributed by atoms with E-state index in [1.165, 1.54) is 19.4 Å². The first-order valence-corrected chi connectivity index (χ1v) is 14.9. The molecule has 0 aromatic rings. The predicted octanol–water partition coefficient (Wildman–Crippen LogP) is 10.9. The predicted molar refractivity (Wildman–Crippen MR) is 160 cm³/mol. The van der Waals surface area contributed by atoms with Gasteiger partial charge in [-0.1, -0.05) is 71.8 Å². The monoisotopic (exact) mass is 1000 g/mol. The Bertz CT molecular complexity index is 453. The van der Waals surface area contributed by atoms with E-state index in [9.17, 15) is 0 Å². The Morgan fingerprint density at radius 1 is 0.529 bits per heavy atom. The Hall–Kier alpha value is 1.63. The molecule has 0 N–H and O–H groups in total. The molecule has 0 saturated carbocycles. The average molecular weight is 1000 g/mol. The van der Waals surface area contributed by atoms with Crippen LogP contribution in [0.4, 0.5) is 0 Å². The van der Waals surface area contributed by atoms with Crippen molar-refractivity contribution in [2.45, 2.75) is 160 Å². The van der Waals surface area contributed by atoms with Gasteiger partial charge in [0.25, 0.3) is 0 Å². The molecule has 0 saturated heterocycles. The zero-order valence-electron chi connectivity index (χ0n) is 22.7. The van der Waals surface area contributed by atoms with Gasteiger partial charge in [0.05, 0.1) is 0 Å². The van der Waals surface area contributed by atoms with Crippen molar-refractivity contribution in [3.8, 4) is 0 Å². The first kappa shape index (κ1) is 60.3. The SMILES string of the molecule is C.C.C.C.C.CC(C)C(C)(C)C.C[C](=[W])C(C)(C)C.C[C](=[W])C(C)(C)C.C[C](=[W])OC(C)(C)C. The van der Waals surface area contributed by atoms with Crippen LogP contribution in [0.25, 0.3) is 0 Å². The van der Waals surface area contributed by atoms with Gasteiger partial charge in [0.2, 0.25) is 0 Å². The van der Waals surface area contributed by atoms with Crippen LogP contribution in [0.2, 0.25) is 0 Å². The Morgan fingerprint density at radius 3 is 0.676 bits per heavy atom. The van der Waals surface area contributed by atoms with E-state index in [2.05, 4.69) is 111 Å². The van der Waals surface area contributed by atoms with Crippen molar-refractivity contribution >= 4 is 11.9 Å². The second-order valence-corrected chi connectivity index (χ2v) is 18.3. The number of rotatable bonds is 1. The van der Waals surface area contributed by atoms with Gasteiger partial charge in [-0.05, 0) is 11.3 Å². The van der Waals surface area contributed by atoms with Crippen molar-refractivity contribution < 1.29 is 62.8 Å². The van der Waals surface area contributed by atoms with Crippen molar-refractivity contribution in [1.82, 2.24) is 0 Å². The second-order valence-electron chi connectivity index (χ2n) is 11.8. The average Bonchev–Trinajstić information content (AvgIpc) is 2.33. The van der Waals surface area contributed by atoms with Gasteiger partial charge in [-0.25, -0.2) is 0 Å². The number of hydrogen-bond acceptors (Lipinski definition) is 1. The van der Waals surface area contributed by atoms with E-state index >= 15 is 0 Å². The first-order valence-electron chi connectivity index (χ1n) is 10.5. The molecule has 0 unspecified atom stereocenters. The molecule has 0 fully saturated rings. The molecule has 0 aromatic heterocycles. The first-order chi connectivity index (χ1) is 12.2. The summed E-state index contributed by atoms with van der Waals surface area (Å²) in [5.74, 6) is 0.799. The molecule has 0 bridgehead atoms. The normalized spacial score (nSPS) is 10.1. The Balaban J connectivity index is -0.0000000334. The summed E-state index contributed by atoms with van der Waals surface area (Å²) in [6.45, 7) is 37.3. The molecule has 0 rings (SSSR count). The van der Waals surface area contributed by atoms with Crippen LogP contribution < -0.4 is 0 Å². The Morgan fingerprint density at radius 2 is 0.676 bits per heavy atom. The summed E-state index contributed by atoms with van der Waals surface area (Å²) in [6, 6.07) is 0. The fraction of sp³-hybridized carbons (Fsp3) is 0.900. The molecule has 0 radical (unpaired) electrons. The van der Waals surface area contributed by atoms with Crippen molar-refractivity contribution in [2.24, 2.45) is 22.2 Å². The maximum atomic E-state index is 5.39. The summed E-state index contributed by atoms with van der Waals surface area (Å²) in [6.07, 6.45) is 0. The molecule has 0 atom stereocenters. The minimum atomic E-state index is 0. The molecule has 34 heavy (non-hydrogen) atoms. The molecule has 0 spiro atoms. The standard InChI is InChI=1S/C7H16.C6H12O.2C6H12.5CH4.3W/c1-6(2)7(3,4)5;1-5-7-6(2,3)4;2*1-5-6(2,3)4;;;;;;;;/h6H,1-5H3;1-4H3;2*1-4H3;5*1H4;;;. The Labute approximate surface area is 255 Å². The van der Waals surface area contributed by atoms with E-state index in [4.69, 9.17) is 4.74 Å². The van der Waals surface area contributed by atoms with Crippen molar-refractivity contribution in [3.05, 3.63) is 0 Å². The molecular weight excluding hydrogens is 928 g/mol. The van der Waals surface area contributed by atoms with Gasteiger partial charge in [0, 0.05) is 0 Å². The van der Waals surface area contributed by atoms with Gasteiger partial charge in [0.1, 0.15) is 0 Å². The van der Waals surface area contributed by atoms with Gasteiger partial charge >= 0.3 is 174 Å². The molecule has 4 heteroatoms. The molecule has 1 nitrogen and oxygen atoms in total. The zero-order chi connectivity index (χ0) is 25.0. The van der Waals surface area contributed by atoms with Crippen molar-refractivity contribution in [2.75, 3.05) is 0 Å². The summed E-state index contributed by atoms with van der Waals surface area (Å²) in [4.78, 5) is 0. The van der Waals surface area contributed by atoms with Crippen LogP contribution in [0.1, 0.15) is 155 Å². The third kappa shape index (κ3) is 59.0. The van der Waals surface area contributed by atoms with E-state index in [0.717, 1.165) is 10.0 Å². The van der Waals surface area contributed by atoms with Crippen LogP contribution >= 0.6 is 0 Å². The van der Waals surface area contributed by atoms with Crippen molar-refractivity contribution in [1.29, 1.82) is 0 Å². The van der Waals surface area contributed by atoms with Crippen LogP contribution in [0.5, 0.6) is 0 Å². The molecule has 0 heterocycles. The van der Waals surface area contributed by atoms with E-state index in [1.807, 2.05) is 6.92 Å². The molecule has 0 aliphatic carbocycles. The molecule has 0 aromatic carbocycles. The van der Waals surface area contributed by atoms with Crippen LogP contribution in [-0.4, -0.2) is 17.5 Å². The van der Waals surface area contributed by atoms with Gasteiger partial charge in [-0.3, -0.25) is 0 Å². The van der Waals surface area contributed by atoms with Crippen molar-refractivity contribution in [3.63, 3.8) is 0 Å². The number of ether oxygens (including phenoxy) is 1. The van der Waals surface area contributed by atoms with Crippen LogP contribution in [0.3, 0.4) is 0 Å². The van der Waals surface area contributed by atoms with Crippen LogP contribution in [0, 0.1) is 22.2 Å². The number of hydrogen-bond donors (Lipinski definition) is 0. The third-order valence-corrected chi connectivity index (χ3v) is 8.99. The molecular formula is C30H72OW3. The Kier molecular flexibility index (Phi) is 46.5. The quantitative estimate of drug-likeness (QED) is 0.254. The molecule has 0 aliphatic heterocycles. The summed E-state index contributed by atoms with van der Waals surface area (Å²) in [7, 11) is 0. The summed E-state index contributed by atoms with van der Waals surface area (Å²) >= 11 is 4.64. The third-order valence-electron chi connectivity index (χ3n) is 4.29. The van der Waals surface area contributed by atoms with E-state index < -0.39 is 0 Å². The molecule has 0 amide bonds. The second kappa shape index (κ2) is 26.3. The fourth-order valence-corrected chi connectivity index (χ4v) is 1.33. The van der Waals surface area contributed by atoms with Gasteiger partial charge in [-0.2, -0.15) is 0 Å². The summed E-state index contributed by atoms with van der Waals surface area (Å²) in [5, 5.41) is 0. The summed E-state index contributed by atoms with van der Waals surface area (Å²) in [5.41, 5.74) is 1.41. The van der Waals surface area contributed by atoms with E-state index in [-0.39, 0.29) is 42.7 Å². The van der Waals surface area contributed by atoms with Crippen LogP contribution in [-0.2, 0) is 62.8 Å². The minimum absolute atomic E-state index is 0. The van der Waals surface area contributed by atoms with Crippen LogP contribution in [0.15, 0.2) is 0 Å². The topological polar surface area (TPSA) is 9.23 Å². The van der Waals surface area contributed by atoms with Gasteiger partial charge in [-0.15, -0.1) is 0 Å². The van der Waals surface area contributed by atoms with Gasteiger partial charge < -0.3 is 0 Å². The maximum absolute atomic E-state index is 5.39. The van der Waals surface area contributed by atoms with Gasteiger partial charge in [0.15, 0.2) is 0 Å². The molecule has 216 valence electrons. The van der Waals surface area contributed by atoms with E-state index in [1.54, 1.807) is 46.5 Å². The fourth-order valence-electron chi connectivity index (χ4n) is 0.431.